The summed E-state index contributed by atoms with van der Waals surface area (Å²) in [4.78, 5) is 21.8. The number of hydrogen-bond donors (Lipinski definition) is 0. The number of carbonyl (C=O) groups is 2. The zero-order valence-corrected chi connectivity index (χ0v) is 7.24. The normalized spacial score (nSPS) is 18.4. The summed E-state index contributed by atoms with van der Waals surface area (Å²) in [6, 6.07) is 0. The molecule has 0 unspecified atom stereocenters. The van der Waals surface area contributed by atoms with Crippen LogP contribution in [0.5, 0.6) is 0 Å². The lowest BCUT2D eigenvalue weighted by Gasteiger charge is -1.97. The number of carbonyl (C=O) groups excluding carboxylic acids is 2. The van der Waals surface area contributed by atoms with E-state index in [0.29, 0.717) is 5.76 Å². The summed E-state index contributed by atoms with van der Waals surface area (Å²) in [5, 5.41) is 0. The largest absolute Gasteiger partial charge is 0.469 e. The molecule has 1 aliphatic rings. The lowest BCUT2D eigenvalue weighted by molar-refractivity contribution is -0.151. The van der Waals surface area contributed by atoms with Crippen molar-refractivity contribution < 1.29 is 23.8 Å². The van der Waals surface area contributed by atoms with E-state index in [4.69, 9.17) is 9.47 Å². The molecule has 1 saturated heterocycles. The summed E-state index contributed by atoms with van der Waals surface area (Å²) in [5.41, 5.74) is 0. The van der Waals surface area contributed by atoms with Crippen molar-refractivity contribution in [2.75, 3.05) is 20.0 Å². The van der Waals surface area contributed by atoms with Crippen LogP contribution in [-0.2, 0) is 23.8 Å². The van der Waals surface area contributed by atoms with Crippen molar-refractivity contribution in [3.05, 3.63) is 11.8 Å². The summed E-state index contributed by atoms with van der Waals surface area (Å²) in [6.07, 6.45) is 1.09. The maximum atomic E-state index is 11.0. The summed E-state index contributed by atoms with van der Waals surface area (Å²) in [7, 11) is 0. The molecule has 0 N–H and O–H groups in total. The fourth-order valence-electron chi connectivity index (χ4n) is 0.792. The van der Waals surface area contributed by atoms with Crippen LogP contribution in [-0.4, -0.2) is 31.8 Å². The van der Waals surface area contributed by atoms with Gasteiger partial charge in [-0.3, -0.25) is 4.79 Å². The quantitative estimate of drug-likeness (QED) is 0.353. The molecule has 13 heavy (non-hydrogen) atoms. The second kappa shape index (κ2) is 4.61. The molecule has 0 saturated carbocycles. The minimum Gasteiger partial charge on any atom is -0.469 e. The van der Waals surface area contributed by atoms with Gasteiger partial charge in [0, 0.05) is 6.08 Å². The van der Waals surface area contributed by atoms with E-state index in [2.05, 4.69) is 4.74 Å². The lowest BCUT2D eigenvalue weighted by atomic mass is 10.3. The monoisotopic (exact) mass is 186 g/mol. The molecule has 0 atom stereocenters. The summed E-state index contributed by atoms with van der Waals surface area (Å²) >= 11 is 0. The van der Waals surface area contributed by atoms with Crippen LogP contribution in [0, 0.1) is 0 Å². The fraction of sp³-hybridized carbons (Fsp3) is 0.500. The average molecular weight is 186 g/mol. The molecule has 1 heterocycles. The van der Waals surface area contributed by atoms with Gasteiger partial charge in [-0.25, -0.2) is 4.79 Å². The van der Waals surface area contributed by atoms with Crippen LogP contribution in [0.3, 0.4) is 0 Å². The number of ether oxygens (including phenoxy) is 3. The second-order valence-corrected chi connectivity index (χ2v) is 2.31. The Bertz CT molecular complexity index is 235. The molecule has 1 fully saturated rings. The highest BCUT2D eigenvalue weighted by molar-refractivity contribution is 6.38. The van der Waals surface area contributed by atoms with Crippen LogP contribution in [0.25, 0.3) is 0 Å². The Balaban J connectivity index is 2.47. The van der Waals surface area contributed by atoms with E-state index in [1.807, 2.05) is 0 Å². The molecule has 0 bridgehead atoms. The maximum Gasteiger partial charge on any atom is 0.379 e. The Kier molecular flexibility index (Phi) is 3.45. The van der Waals surface area contributed by atoms with E-state index in [1.54, 1.807) is 6.92 Å². The molecule has 72 valence electrons. The predicted molar refractivity (Wildman–Crippen MR) is 41.6 cm³/mol. The Morgan fingerprint density at radius 2 is 2.38 bits per heavy atom. The van der Waals surface area contributed by atoms with Gasteiger partial charge in [-0.15, -0.1) is 0 Å². The summed E-state index contributed by atoms with van der Waals surface area (Å²) in [5.74, 6) is -1.23. The third-order valence-corrected chi connectivity index (χ3v) is 1.34. The van der Waals surface area contributed by atoms with Gasteiger partial charge in [0.15, 0.2) is 6.79 Å². The van der Waals surface area contributed by atoms with Crippen molar-refractivity contribution in [1.82, 2.24) is 0 Å². The molecule has 0 amide bonds. The first-order chi connectivity index (χ1) is 6.24. The van der Waals surface area contributed by atoms with Gasteiger partial charge in [-0.1, -0.05) is 0 Å². The maximum absolute atomic E-state index is 11.0. The van der Waals surface area contributed by atoms with Crippen LogP contribution in [0.15, 0.2) is 11.8 Å². The minimum atomic E-state index is -0.870. The molecule has 0 aliphatic carbocycles. The van der Waals surface area contributed by atoms with E-state index in [1.165, 1.54) is 0 Å². The number of hydrogen-bond acceptors (Lipinski definition) is 5. The fourth-order valence-corrected chi connectivity index (χ4v) is 0.792. The van der Waals surface area contributed by atoms with Gasteiger partial charge in [0.05, 0.1) is 6.61 Å². The molecule has 0 spiro atoms. The van der Waals surface area contributed by atoms with Gasteiger partial charge in [0.25, 0.3) is 5.78 Å². The van der Waals surface area contributed by atoms with E-state index in [9.17, 15) is 9.59 Å². The van der Waals surface area contributed by atoms with E-state index < -0.39 is 11.8 Å². The van der Waals surface area contributed by atoms with Crippen LogP contribution in [0.2, 0.25) is 0 Å². The number of ketones is 1. The van der Waals surface area contributed by atoms with Crippen LogP contribution in [0.4, 0.5) is 0 Å². The SMILES string of the molecule is CCOC(=O)C(=O)C=C1COCO1. The highest BCUT2D eigenvalue weighted by Crippen LogP contribution is 2.06. The van der Waals surface area contributed by atoms with Gasteiger partial charge in [0.1, 0.15) is 12.4 Å². The van der Waals surface area contributed by atoms with Gasteiger partial charge < -0.3 is 14.2 Å². The Morgan fingerprint density at radius 3 is 2.92 bits per heavy atom. The van der Waals surface area contributed by atoms with E-state index in [-0.39, 0.29) is 20.0 Å². The Labute approximate surface area is 75.3 Å². The molecule has 0 aromatic rings. The van der Waals surface area contributed by atoms with Gasteiger partial charge in [-0.05, 0) is 6.92 Å². The van der Waals surface area contributed by atoms with Crippen molar-refractivity contribution in [3.63, 3.8) is 0 Å². The van der Waals surface area contributed by atoms with Gasteiger partial charge in [-0.2, -0.15) is 0 Å². The third kappa shape index (κ3) is 2.87. The molecule has 5 heteroatoms. The van der Waals surface area contributed by atoms with Gasteiger partial charge in [0.2, 0.25) is 0 Å². The van der Waals surface area contributed by atoms with Crippen molar-refractivity contribution in [2.45, 2.75) is 6.92 Å². The molecule has 1 aliphatic heterocycles. The third-order valence-electron chi connectivity index (χ3n) is 1.34. The van der Waals surface area contributed by atoms with E-state index in [0.717, 1.165) is 6.08 Å². The van der Waals surface area contributed by atoms with E-state index >= 15 is 0 Å². The number of esters is 1. The first kappa shape index (κ1) is 9.73. The van der Waals surface area contributed by atoms with Crippen molar-refractivity contribution in [1.29, 1.82) is 0 Å². The highest BCUT2D eigenvalue weighted by Gasteiger charge is 2.16. The van der Waals surface area contributed by atoms with Crippen molar-refractivity contribution in [3.8, 4) is 0 Å². The molecule has 1 rings (SSSR count). The smallest absolute Gasteiger partial charge is 0.379 e. The molecular formula is C8H10O5. The predicted octanol–water partition coefficient (Wildman–Crippen LogP) is 0.00680. The zero-order chi connectivity index (χ0) is 9.68. The van der Waals surface area contributed by atoms with Crippen molar-refractivity contribution in [2.24, 2.45) is 0 Å². The molecule has 0 aromatic carbocycles. The first-order valence-corrected chi connectivity index (χ1v) is 3.86. The Hall–Kier alpha value is -1.36. The first-order valence-electron chi connectivity index (χ1n) is 3.86. The average Bonchev–Trinajstić information content (AvgIpc) is 2.57. The zero-order valence-electron chi connectivity index (χ0n) is 7.24. The molecule has 0 aromatic heterocycles. The topological polar surface area (TPSA) is 61.8 Å². The Morgan fingerprint density at radius 1 is 1.62 bits per heavy atom. The highest BCUT2D eigenvalue weighted by atomic mass is 16.7. The summed E-state index contributed by atoms with van der Waals surface area (Å²) < 4.78 is 14.1. The van der Waals surface area contributed by atoms with Crippen molar-refractivity contribution >= 4 is 11.8 Å². The lowest BCUT2D eigenvalue weighted by Crippen LogP contribution is -2.15. The van der Waals surface area contributed by atoms with Gasteiger partial charge >= 0.3 is 5.97 Å². The van der Waals surface area contributed by atoms with Crippen LogP contribution in [0.1, 0.15) is 6.92 Å². The van der Waals surface area contributed by atoms with Crippen LogP contribution >= 0.6 is 0 Å². The molecular weight excluding hydrogens is 176 g/mol. The molecule has 5 nitrogen and oxygen atoms in total. The minimum absolute atomic E-state index is 0.127. The summed E-state index contributed by atoms with van der Waals surface area (Å²) in [6.45, 7) is 2.17. The second-order valence-electron chi connectivity index (χ2n) is 2.31. The van der Waals surface area contributed by atoms with Crippen LogP contribution < -0.4 is 0 Å². The number of rotatable bonds is 3. The standard InChI is InChI=1S/C8H10O5/c1-2-12-8(10)7(9)3-6-4-11-5-13-6/h3H,2,4-5H2,1H3. The molecule has 0 radical (unpaired) electrons.